The molecule has 0 spiro atoms. The normalized spacial score (nSPS) is 23.4. The minimum absolute atomic E-state index is 0.302. The maximum Gasteiger partial charge on any atom is 0.330 e. The van der Waals surface area contributed by atoms with Crippen LogP contribution in [-0.4, -0.2) is 13.1 Å². The van der Waals surface area contributed by atoms with Crippen LogP contribution >= 0.6 is 0 Å². The van der Waals surface area contributed by atoms with E-state index in [-0.39, 0.29) is 5.97 Å². The van der Waals surface area contributed by atoms with Gasteiger partial charge < -0.3 is 4.74 Å². The first-order valence-corrected chi connectivity index (χ1v) is 6.87. The van der Waals surface area contributed by atoms with Crippen molar-refractivity contribution in [1.82, 2.24) is 0 Å². The molecular formula is C16H26O2. The molecular weight excluding hydrogens is 224 g/mol. The second-order valence-electron chi connectivity index (χ2n) is 6.12. The summed E-state index contributed by atoms with van der Waals surface area (Å²) in [4.78, 5) is 10.8. The Morgan fingerprint density at radius 1 is 1.44 bits per heavy atom. The molecule has 2 heteroatoms. The number of hydrogen-bond donors (Lipinski definition) is 0. The van der Waals surface area contributed by atoms with Gasteiger partial charge in [0.2, 0.25) is 0 Å². The number of rotatable bonds is 7. The lowest BCUT2D eigenvalue weighted by Crippen LogP contribution is -1.96. The Morgan fingerprint density at radius 2 is 2.11 bits per heavy atom. The smallest absolute Gasteiger partial charge is 0.330 e. The average molecular weight is 250 g/mol. The van der Waals surface area contributed by atoms with Crippen molar-refractivity contribution in [2.45, 2.75) is 46.5 Å². The molecule has 0 saturated heterocycles. The molecule has 0 aliphatic heterocycles. The highest BCUT2D eigenvalue weighted by molar-refractivity contribution is 5.82. The SMILES string of the molecule is COC(=O)C=CC=CCC(C)CCC1CC1(C)C. The summed E-state index contributed by atoms with van der Waals surface area (Å²) in [5.74, 6) is 1.37. The minimum atomic E-state index is -0.302. The van der Waals surface area contributed by atoms with Crippen LogP contribution in [0.2, 0.25) is 0 Å². The molecule has 102 valence electrons. The van der Waals surface area contributed by atoms with Crippen LogP contribution in [0.4, 0.5) is 0 Å². The highest BCUT2D eigenvalue weighted by atomic mass is 16.5. The number of carbonyl (C=O) groups is 1. The third-order valence-electron chi connectivity index (χ3n) is 3.94. The van der Waals surface area contributed by atoms with E-state index in [0.29, 0.717) is 5.41 Å². The lowest BCUT2D eigenvalue weighted by molar-refractivity contribution is -0.134. The zero-order valence-corrected chi connectivity index (χ0v) is 12.1. The van der Waals surface area contributed by atoms with Gasteiger partial charge in [0, 0.05) is 6.08 Å². The zero-order chi connectivity index (χ0) is 13.6. The molecule has 0 N–H and O–H groups in total. The summed E-state index contributed by atoms with van der Waals surface area (Å²) in [6.07, 6.45) is 12.4. The second-order valence-corrected chi connectivity index (χ2v) is 6.12. The van der Waals surface area contributed by atoms with E-state index < -0.39 is 0 Å². The summed E-state index contributed by atoms with van der Waals surface area (Å²) in [6, 6.07) is 0. The molecule has 2 atom stereocenters. The molecule has 18 heavy (non-hydrogen) atoms. The number of ether oxygens (including phenoxy) is 1. The number of carbonyl (C=O) groups excluding carboxylic acids is 1. The van der Waals surface area contributed by atoms with Gasteiger partial charge >= 0.3 is 5.97 Å². The highest BCUT2D eigenvalue weighted by Crippen LogP contribution is 2.54. The minimum Gasteiger partial charge on any atom is -0.466 e. The van der Waals surface area contributed by atoms with Gasteiger partial charge in [-0.25, -0.2) is 4.79 Å². The molecule has 1 saturated carbocycles. The monoisotopic (exact) mass is 250 g/mol. The number of hydrogen-bond acceptors (Lipinski definition) is 2. The van der Waals surface area contributed by atoms with Crippen LogP contribution in [0.1, 0.15) is 46.5 Å². The average Bonchev–Trinajstić information content (AvgIpc) is 2.93. The van der Waals surface area contributed by atoms with Crippen LogP contribution in [0.3, 0.4) is 0 Å². The maximum absolute atomic E-state index is 10.8. The molecule has 0 amide bonds. The molecule has 0 aromatic heterocycles. The van der Waals surface area contributed by atoms with E-state index in [0.717, 1.165) is 18.3 Å². The van der Waals surface area contributed by atoms with Crippen molar-refractivity contribution in [3.63, 3.8) is 0 Å². The van der Waals surface area contributed by atoms with Crippen molar-refractivity contribution in [3.05, 3.63) is 24.3 Å². The van der Waals surface area contributed by atoms with Gasteiger partial charge in [-0.2, -0.15) is 0 Å². The second kappa shape index (κ2) is 6.77. The standard InChI is InChI=1S/C16H26O2/c1-13(10-11-14-12-16(14,2)3)8-6-5-7-9-15(17)18-4/h5-7,9,13-14H,8,10-12H2,1-4H3. The van der Waals surface area contributed by atoms with Crippen LogP contribution < -0.4 is 0 Å². The van der Waals surface area contributed by atoms with Gasteiger partial charge in [-0.05, 0) is 36.5 Å². The van der Waals surface area contributed by atoms with E-state index in [1.165, 1.54) is 32.4 Å². The van der Waals surface area contributed by atoms with Gasteiger partial charge in [-0.3, -0.25) is 0 Å². The maximum atomic E-state index is 10.8. The fourth-order valence-electron chi connectivity index (χ4n) is 2.26. The molecule has 0 heterocycles. The van der Waals surface area contributed by atoms with Gasteiger partial charge in [0.25, 0.3) is 0 Å². The molecule has 1 aliphatic rings. The zero-order valence-electron chi connectivity index (χ0n) is 12.1. The van der Waals surface area contributed by atoms with Crippen LogP contribution in [0.25, 0.3) is 0 Å². The number of esters is 1. The predicted octanol–water partition coefficient (Wildman–Crippen LogP) is 4.12. The van der Waals surface area contributed by atoms with Gasteiger partial charge in [0.1, 0.15) is 0 Å². The van der Waals surface area contributed by atoms with Crippen molar-refractivity contribution in [2.24, 2.45) is 17.3 Å². The van der Waals surface area contributed by atoms with Crippen molar-refractivity contribution in [2.75, 3.05) is 7.11 Å². The Balaban J connectivity index is 2.09. The Kier molecular flexibility index (Phi) is 5.64. The van der Waals surface area contributed by atoms with E-state index in [9.17, 15) is 4.79 Å². The summed E-state index contributed by atoms with van der Waals surface area (Å²) in [7, 11) is 1.39. The van der Waals surface area contributed by atoms with Crippen molar-refractivity contribution in [1.29, 1.82) is 0 Å². The van der Waals surface area contributed by atoms with Crippen molar-refractivity contribution < 1.29 is 9.53 Å². The highest BCUT2D eigenvalue weighted by Gasteiger charge is 2.44. The summed E-state index contributed by atoms with van der Waals surface area (Å²) >= 11 is 0. The fraction of sp³-hybridized carbons (Fsp3) is 0.688. The fourth-order valence-corrected chi connectivity index (χ4v) is 2.26. The molecule has 1 aliphatic carbocycles. The predicted molar refractivity (Wildman–Crippen MR) is 75.2 cm³/mol. The van der Waals surface area contributed by atoms with Crippen LogP contribution in [-0.2, 0) is 9.53 Å². The first kappa shape index (κ1) is 15.0. The van der Waals surface area contributed by atoms with E-state index in [4.69, 9.17) is 0 Å². The molecule has 0 aromatic rings. The van der Waals surface area contributed by atoms with E-state index >= 15 is 0 Å². The number of methoxy groups -OCH3 is 1. The molecule has 0 aromatic carbocycles. The largest absolute Gasteiger partial charge is 0.466 e. The topological polar surface area (TPSA) is 26.3 Å². The lowest BCUT2D eigenvalue weighted by atomic mass is 9.97. The van der Waals surface area contributed by atoms with Crippen LogP contribution in [0, 0.1) is 17.3 Å². The summed E-state index contributed by atoms with van der Waals surface area (Å²) < 4.78 is 4.51. The van der Waals surface area contributed by atoms with Crippen molar-refractivity contribution in [3.8, 4) is 0 Å². The Labute approximate surface area is 111 Å². The Hall–Kier alpha value is -1.05. The van der Waals surface area contributed by atoms with Gasteiger partial charge in [-0.15, -0.1) is 0 Å². The van der Waals surface area contributed by atoms with E-state index in [1.54, 1.807) is 6.08 Å². The summed E-state index contributed by atoms with van der Waals surface area (Å²) in [6.45, 7) is 7.02. The molecule has 1 fully saturated rings. The summed E-state index contributed by atoms with van der Waals surface area (Å²) in [5, 5.41) is 0. The van der Waals surface area contributed by atoms with Gasteiger partial charge in [-0.1, -0.05) is 45.4 Å². The first-order chi connectivity index (χ1) is 8.45. The third kappa shape index (κ3) is 5.52. The third-order valence-corrected chi connectivity index (χ3v) is 3.94. The molecule has 0 radical (unpaired) electrons. The first-order valence-electron chi connectivity index (χ1n) is 6.87. The van der Waals surface area contributed by atoms with Gasteiger partial charge in [0.05, 0.1) is 7.11 Å². The molecule has 2 unspecified atom stereocenters. The van der Waals surface area contributed by atoms with E-state index in [1.807, 2.05) is 6.08 Å². The Morgan fingerprint density at radius 3 is 2.67 bits per heavy atom. The van der Waals surface area contributed by atoms with Crippen LogP contribution in [0.5, 0.6) is 0 Å². The van der Waals surface area contributed by atoms with Crippen LogP contribution in [0.15, 0.2) is 24.3 Å². The number of allylic oxidation sites excluding steroid dienone is 3. The summed E-state index contributed by atoms with van der Waals surface area (Å²) in [5.41, 5.74) is 0.610. The van der Waals surface area contributed by atoms with E-state index in [2.05, 4.69) is 31.6 Å². The quantitative estimate of drug-likeness (QED) is 0.386. The molecule has 0 bridgehead atoms. The Bertz CT molecular complexity index is 326. The lowest BCUT2D eigenvalue weighted by Gasteiger charge is -2.09. The van der Waals surface area contributed by atoms with Crippen molar-refractivity contribution >= 4 is 5.97 Å². The molecule has 1 rings (SSSR count). The molecule has 2 nitrogen and oxygen atoms in total. The van der Waals surface area contributed by atoms with Gasteiger partial charge in [0.15, 0.2) is 0 Å².